The van der Waals surface area contributed by atoms with Gasteiger partial charge in [0, 0.05) is 23.6 Å². The fraction of sp³-hybridized carbons (Fsp3) is 0.286. The van der Waals surface area contributed by atoms with Gasteiger partial charge >= 0.3 is 0 Å². The van der Waals surface area contributed by atoms with Gasteiger partial charge in [0.05, 0.1) is 0 Å². The van der Waals surface area contributed by atoms with Crippen LogP contribution in [0.5, 0.6) is 0 Å². The number of hydrogen-bond acceptors (Lipinski definition) is 0. The fourth-order valence-corrected chi connectivity index (χ4v) is 2.07. The number of aryl methyl sites for hydroxylation is 2. The van der Waals surface area contributed by atoms with Crippen molar-refractivity contribution in [3.05, 3.63) is 41.6 Å². The zero-order valence-electron chi connectivity index (χ0n) is 9.62. The maximum Gasteiger partial charge on any atom is 0.0485 e. The summed E-state index contributed by atoms with van der Waals surface area (Å²) in [5.41, 5.74) is 4.00. The summed E-state index contributed by atoms with van der Waals surface area (Å²) in [5, 5.41) is 1.36. The molecule has 1 heteroatoms. The Bertz CT molecular complexity index is 464. The fourth-order valence-electron chi connectivity index (χ4n) is 2.07. The van der Waals surface area contributed by atoms with E-state index in [-0.39, 0.29) is 0 Å². The van der Waals surface area contributed by atoms with Crippen molar-refractivity contribution in [2.24, 2.45) is 7.05 Å². The molecule has 78 valence electrons. The van der Waals surface area contributed by atoms with Crippen molar-refractivity contribution in [2.75, 3.05) is 0 Å². The van der Waals surface area contributed by atoms with Crippen LogP contribution in [0.3, 0.4) is 0 Å². The maximum atomic E-state index is 2.26. The van der Waals surface area contributed by atoms with Crippen LogP contribution < -0.4 is 0 Å². The first-order chi connectivity index (χ1) is 7.25. The van der Waals surface area contributed by atoms with Crippen LogP contribution in [0.25, 0.3) is 17.0 Å². The molecule has 1 aromatic heterocycles. The summed E-state index contributed by atoms with van der Waals surface area (Å²) >= 11 is 0. The van der Waals surface area contributed by atoms with Crippen LogP contribution in [0.2, 0.25) is 0 Å². The van der Waals surface area contributed by atoms with E-state index >= 15 is 0 Å². The summed E-state index contributed by atoms with van der Waals surface area (Å²) in [5.74, 6) is 0. The summed E-state index contributed by atoms with van der Waals surface area (Å²) in [6.45, 7) is 4.35. The van der Waals surface area contributed by atoms with Gasteiger partial charge in [-0.15, -0.1) is 0 Å². The maximum absolute atomic E-state index is 2.26. The zero-order valence-corrected chi connectivity index (χ0v) is 9.62. The van der Waals surface area contributed by atoms with E-state index in [4.69, 9.17) is 0 Å². The molecule has 0 aliphatic carbocycles. The number of allylic oxidation sites excluding steroid dienone is 1. The van der Waals surface area contributed by atoms with Gasteiger partial charge < -0.3 is 4.57 Å². The lowest BCUT2D eigenvalue weighted by Crippen LogP contribution is -1.90. The summed E-state index contributed by atoms with van der Waals surface area (Å²) < 4.78 is 2.26. The lowest BCUT2D eigenvalue weighted by Gasteiger charge is -1.99. The Morgan fingerprint density at radius 1 is 1.27 bits per heavy atom. The number of fused-ring (bicyclic) bond motifs is 1. The van der Waals surface area contributed by atoms with E-state index in [1.165, 1.54) is 22.2 Å². The standard InChI is InChI=1S/C14H17N/c1-4-5-9-13-11(2)12-8-6-7-10-14(12)15(13)3/h5-10H,4H2,1-3H3/b9-5-. The average Bonchev–Trinajstić information content (AvgIpc) is 2.51. The molecular weight excluding hydrogens is 182 g/mol. The molecule has 1 aromatic carbocycles. The van der Waals surface area contributed by atoms with E-state index in [0.717, 1.165) is 6.42 Å². The predicted molar refractivity (Wildman–Crippen MR) is 67.0 cm³/mol. The Kier molecular flexibility index (Phi) is 2.63. The van der Waals surface area contributed by atoms with Gasteiger partial charge in [-0.3, -0.25) is 0 Å². The van der Waals surface area contributed by atoms with Gasteiger partial charge in [-0.05, 0) is 31.1 Å². The van der Waals surface area contributed by atoms with Crippen LogP contribution in [0.15, 0.2) is 30.3 Å². The second-order valence-corrected chi connectivity index (χ2v) is 3.90. The Balaban J connectivity index is 2.69. The lowest BCUT2D eigenvalue weighted by atomic mass is 10.1. The van der Waals surface area contributed by atoms with Crippen LogP contribution in [0.4, 0.5) is 0 Å². The second kappa shape index (κ2) is 3.93. The molecule has 1 nitrogen and oxygen atoms in total. The minimum atomic E-state index is 1.08. The van der Waals surface area contributed by atoms with Crippen molar-refractivity contribution in [3.8, 4) is 0 Å². The highest BCUT2D eigenvalue weighted by Crippen LogP contribution is 2.25. The molecule has 0 N–H and O–H groups in total. The first-order valence-corrected chi connectivity index (χ1v) is 5.46. The number of hydrogen-bond donors (Lipinski definition) is 0. The molecular formula is C14H17N. The molecule has 0 fully saturated rings. The van der Waals surface area contributed by atoms with Crippen molar-refractivity contribution in [3.63, 3.8) is 0 Å². The Morgan fingerprint density at radius 3 is 2.67 bits per heavy atom. The quantitative estimate of drug-likeness (QED) is 0.691. The van der Waals surface area contributed by atoms with Crippen molar-refractivity contribution < 1.29 is 0 Å². The first-order valence-electron chi connectivity index (χ1n) is 5.46. The molecule has 0 saturated heterocycles. The molecule has 2 aromatic rings. The summed E-state index contributed by atoms with van der Waals surface area (Å²) in [7, 11) is 2.13. The normalized spacial score (nSPS) is 11.7. The highest BCUT2D eigenvalue weighted by Gasteiger charge is 2.07. The topological polar surface area (TPSA) is 4.93 Å². The third-order valence-electron chi connectivity index (χ3n) is 2.93. The first kappa shape index (κ1) is 10.0. The molecule has 0 aliphatic rings. The molecule has 1 heterocycles. The predicted octanol–water partition coefficient (Wildman–Crippen LogP) is 3.91. The Hall–Kier alpha value is -1.50. The average molecular weight is 199 g/mol. The minimum Gasteiger partial charge on any atom is -0.344 e. The van der Waals surface area contributed by atoms with Gasteiger partial charge in [0.15, 0.2) is 0 Å². The minimum absolute atomic E-state index is 1.08. The molecule has 15 heavy (non-hydrogen) atoms. The third-order valence-corrected chi connectivity index (χ3v) is 2.93. The molecule has 2 rings (SSSR count). The number of para-hydroxylation sites is 1. The molecule has 0 unspecified atom stereocenters. The highest BCUT2D eigenvalue weighted by atomic mass is 14.9. The summed E-state index contributed by atoms with van der Waals surface area (Å²) in [6, 6.07) is 8.55. The van der Waals surface area contributed by atoms with Gasteiger partial charge in [-0.1, -0.05) is 31.2 Å². The highest BCUT2D eigenvalue weighted by molar-refractivity contribution is 5.87. The van der Waals surface area contributed by atoms with Gasteiger partial charge in [-0.2, -0.15) is 0 Å². The van der Waals surface area contributed by atoms with Crippen molar-refractivity contribution >= 4 is 17.0 Å². The van der Waals surface area contributed by atoms with Crippen LogP contribution in [-0.2, 0) is 7.05 Å². The van der Waals surface area contributed by atoms with E-state index in [1.807, 2.05) is 0 Å². The van der Waals surface area contributed by atoms with E-state index in [1.54, 1.807) is 0 Å². The van der Waals surface area contributed by atoms with Crippen LogP contribution in [0, 0.1) is 6.92 Å². The largest absolute Gasteiger partial charge is 0.344 e. The van der Waals surface area contributed by atoms with Gasteiger partial charge in [-0.25, -0.2) is 0 Å². The SMILES string of the molecule is CC/C=C\c1c(C)c2ccccc2n1C. The molecule has 0 aliphatic heterocycles. The number of nitrogens with zero attached hydrogens (tertiary/aromatic N) is 1. The molecule has 0 radical (unpaired) electrons. The second-order valence-electron chi connectivity index (χ2n) is 3.90. The van der Waals surface area contributed by atoms with Crippen LogP contribution >= 0.6 is 0 Å². The van der Waals surface area contributed by atoms with E-state index in [2.05, 4.69) is 61.9 Å². The molecule has 0 bridgehead atoms. The van der Waals surface area contributed by atoms with E-state index < -0.39 is 0 Å². The third kappa shape index (κ3) is 1.58. The molecule has 0 amide bonds. The monoisotopic (exact) mass is 199 g/mol. The zero-order chi connectivity index (χ0) is 10.8. The number of benzene rings is 1. The van der Waals surface area contributed by atoms with Crippen LogP contribution in [-0.4, -0.2) is 4.57 Å². The summed E-state index contributed by atoms with van der Waals surface area (Å²) in [4.78, 5) is 0. The molecule has 0 spiro atoms. The van der Waals surface area contributed by atoms with Gasteiger partial charge in [0.1, 0.15) is 0 Å². The van der Waals surface area contributed by atoms with E-state index in [9.17, 15) is 0 Å². The van der Waals surface area contributed by atoms with Crippen molar-refractivity contribution in [1.82, 2.24) is 4.57 Å². The van der Waals surface area contributed by atoms with Crippen molar-refractivity contribution in [2.45, 2.75) is 20.3 Å². The number of rotatable bonds is 2. The smallest absolute Gasteiger partial charge is 0.0485 e. The van der Waals surface area contributed by atoms with E-state index in [0.29, 0.717) is 0 Å². The van der Waals surface area contributed by atoms with Gasteiger partial charge in [0.25, 0.3) is 0 Å². The van der Waals surface area contributed by atoms with Crippen molar-refractivity contribution in [1.29, 1.82) is 0 Å². The Labute approximate surface area is 91.0 Å². The van der Waals surface area contributed by atoms with Crippen LogP contribution in [0.1, 0.15) is 24.6 Å². The lowest BCUT2D eigenvalue weighted by molar-refractivity contribution is 0.947. The molecule has 0 atom stereocenters. The summed E-state index contributed by atoms with van der Waals surface area (Å²) in [6.07, 6.45) is 5.51. The number of aromatic nitrogens is 1. The van der Waals surface area contributed by atoms with Gasteiger partial charge in [0.2, 0.25) is 0 Å². The Morgan fingerprint density at radius 2 is 2.00 bits per heavy atom. The molecule has 0 saturated carbocycles.